The number of anilines is 2. The molecule has 1 aromatic carbocycles. The van der Waals surface area contributed by atoms with Gasteiger partial charge in [-0.3, -0.25) is 9.20 Å². The number of nitrogens with one attached hydrogen (secondary N) is 1. The first-order chi connectivity index (χ1) is 14.8. The van der Waals surface area contributed by atoms with Gasteiger partial charge in [0.1, 0.15) is 11.7 Å². The lowest BCUT2D eigenvalue weighted by atomic mass is 10.0. The van der Waals surface area contributed by atoms with Crippen LogP contribution in [0.25, 0.3) is 5.65 Å². The Hall–Kier alpha value is -3.86. The molecule has 0 saturated carbocycles. The van der Waals surface area contributed by atoms with Gasteiger partial charge in [0.25, 0.3) is 5.56 Å². The Morgan fingerprint density at radius 1 is 1.39 bits per heavy atom. The molecule has 1 unspecified atom stereocenters. The summed E-state index contributed by atoms with van der Waals surface area (Å²) in [4.78, 5) is 31.4. The lowest BCUT2D eigenvalue weighted by Gasteiger charge is -2.40. The molecule has 2 aromatic heterocycles. The number of pyridine rings is 1. The highest BCUT2D eigenvalue weighted by atomic mass is 16.4. The Labute approximate surface area is 179 Å². The molecule has 0 amide bonds. The summed E-state index contributed by atoms with van der Waals surface area (Å²) in [6.07, 6.45) is 2.66. The summed E-state index contributed by atoms with van der Waals surface area (Å²) in [5.41, 5.74) is 2.32. The first-order valence-electron chi connectivity index (χ1n) is 10.1. The number of carbonyl (C=O) groups is 1. The fourth-order valence-corrected chi connectivity index (χ4v) is 3.96. The van der Waals surface area contributed by atoms with Crippen molar-refractivity contribution in [3.05, 3.63) is 69.1 Å². The summed E-state index contributed by atoms with van der Waals surface area (Å²) in [6, 6.07) is 10.5. The quantitative estimate of drug-likeness (QED) is 0.655. The maximum absolute atomic E-state index is 13.1. The van der Waals surface area contributed by atoms with Gasteiger partial charge in [0.2, 0.25) is 0 Å². The first-order valence-corrected chi connectivity index (χ1v) is 10.1. The van der Waals surface area contributed by atoms with Crippen LogP contribution in [-0.4, -0.2) is 33.0 Å². The summed E-state index contributed by atoms with van der Waals surface area (Å²) < 4.78 is 1.42. The number of nitrogens with zero attached hydrogens (tertiary/aromatic N) is 4. The number of carboxylic acids is 1. The summed E-state index contributed by atoms with van der Waals surface area (Å²) in [5.74, 6) is -0.610. The fourth-order valence-electron chi connectivity index (χ4n) is 3.96. The van der Waals surface area contributed by atoms with E-state index < -0.39 is 11.5 Å². The lowest BCUT2D eigenvalue weighted by molar-refractivity contribution is 0.0698. The van der Waals surface area contributed by atoms with Crippen LogP contribution in [0.3, 0.4) is 0 Å². The third kappa shape index (κ3) is 3.48. The molecule has 0 bridgehead atoms. The van der Waals surface area contributed by atoms with Crippen LogP contribution in [0.1, 0.15) is 53.4 Å². The third-order valence-corrected chi connectivity index (χ3v) is 5.77. The Morgan fingerprint density at radius 3 is 2.74 bits per heavy atom. The Balaban J connectivity index is 1.87. The minimum Gasteiger partial charge on any atom is -0.478 e. The van der Waals surface area contributed by atoms with Crippen molar-refractivity contribution >= 4 is 23.1 Å². The van der Waals surface area contributed by atoms with Crippen LogP contribution in [0.15, 0.2) is 41.3 Å². The van der Waals surface area contributed by atoms with Crippen molar-refractivity contribution < 1.29 is 9.90 Å². The predicted octanol–water partition coefficient (Wildman–Crippen LogP) is 3.34. The van der Waals surface area contributed by atoms with E-state index in [-0.39, 0.29) is 23.2 Å². The number of fused-ring (bicyclic) bond motifs is 1. The molecule has 4 rings (SSSR count). The zero-order valence-corrected chi connectivity index (χ0v) is 17.6. The number of para-hydroxylation sites is 1. The third-order valence-electron chi connectivity index (χ3n) is 5.77. The fraction of sp³-hybridized carbons (Fsp3) is 0.304. The number of nitriles is 1. The van der Waals surface area contributed by atoms with Crippen LogP contribution in [-0.2, 0) is 0 Å². The molecule has 0 spiro atoms. The van der Waals surface area contributed by atoms with E-state index in [0.29, 0.717) is 17.2 Å². The van der Waals surface area contributed by atoms with Crippen molar-refractivity contribution in [1.29, 1.82) is 5.26 Å². The average Bonchev–Trinajstić information content (AvgIpc) is 2.73. The van der Waals surface area contributed by atoms with Gasteiger partial charge in [-0.15, -0.1) is 0 Å². The molecular weight excluding hydrogens is 394 g/mol. The normalized spacial score (nSPS) is 16.5. The molecule has 3 heterocycles. The van der Waals surface area contributed by atoms with Gasteiger partial charge in [-0.2, -0.15) is 5.26 Å². The summed E-state index contributed by atoms with van der Waals surface area (Å²) in [6.45, 7) is 6.55. The van der Waals surface area contributed by atoms with Gasteiger partial charge in [-0.1, -0.05) is 12.1 Å². The van der Waals surface area contributed by atoms with Crippen LogP contribution in [0.2, 0.25) is 0 Å². The predicted molar refractivity (Wildman–Crippen MR) is 118 cm³/mol. The molecule has 1 saturated heterocycles. The smallest absolute Gasteiger partial charge is 0.337 e. The lowest BCUT2D eigenvalue weighted by Crippen LogP contribution is -2.47. The molecule has 3 aromatic rings. The van der Waals surface area contributed by atoms with Gasteiger partial charge in [0.05, 0.1) is 11.6 Å². The minimum absolute atomic E-state index is 0.0393. The Morgan fingerprint density at radius 2 is 2.13 bits per heavy atom. The van der Waals surface area contributed by atoms with Crippen molar-refractivity contribution in [2.45, 2.75) is 39.3 Å². The Kier molecular flexibility index (Phi) is 5.11. The Bertz CT molecular complexity index is 1290. The van der Waals surface area contributed by atoms with Gasteiger partial charge in [-0.05, 0) is 51.0 Å². The number of benzene rings is 1. The van der Waals surface area contributed by atoms with Gasteiger partial charge in [0.15, 0.2) is 11.4 Å². The topological polar surface area (TPSA) is 111 Å². The maximum atomic E-state index is 13.1. The van der Waals surface area contributed by atoms with E-state index >= 15 is 0 Å². The summed E-state index contributed by atoms with van der Waals surface area (Å²) in [5, 5.41) is 22.4. The van der Waals surface area contributed by atoms with Crippen LogP contribution in [0.4, 0.5) is 11.5 Å². The van der Waals surface area contributed by atoms with Gasteiger partial charge in [0, 0.05) is 30.0 Å². The zero-order valence-electron chi connectivity index (χ0n) is 17.6. The van der Waals surface area contributed by atoms with Crippen molar-refractivity contribution in [2.75, 3.05) is 16.8 Å². The highest BCUT2D eigenvalue weighted by Gasteiger charge is 2.30. The van der Waals surface area contributed by atoms with Crippen LogP contribution >= 0.6 is 0 Å². The molecule has 8 heteroatoms. The molecule has 1 aliphatic heterocycles. The standard InChI is InChI=1S/C23H23N5O3/c1-13-10-17(15(3)25-19-7-5-4-6-16(19)23(30)31)20-26-21(27-9-8-14(27)2)18(11-24)22(29)28(20)12-13/h4-7,10,12,14-15,25H,8-9H2,1-3H3,(H,30,31)/t14-,15?/m0/s1. The maximum Gasteiger partial charge on any atom is 0.337 e. The molecule has 0 radical (unpaired) electrons. The van der Waals surface area contributed by atoms with E-state index in [1.807, 2.05) is 37.8 Å². The summed E-state index contributed by atoms with van der Waals surface area (Å²) >= 11 is 0. The molecule has 158 valence electrons. The molecule has 0 aliphatic carbocycles. The van der Waals surface area contributed by atoms with Crippen molar-refractivity contribution in [3.8, 4) is 6.07 Å². The van der Waals surface area contributed by atoms with Crippen LogP contribution < -0.4 is 15.8 Å². The number of aromatic carboxylic acids is 1. The molecule has 1 aliphatic rings. The number of aromatic nitrogens is 2. The van der Waals surface area contributed by atoms with Crippen molar-refractivity contribution in [3.63, 3.8) is 0 Å². The van der Waals surface area contributed by atoms with Crippen molar-refractivity contribution in [2.24, 2.45) is 0 Å². The molecule has 31 heavy (non-hydrogen) atoms. The second-order valence-corrected chi connectivity index (χ2v) is 7.94. The molecule has 8 nitrogen and oxygen atoms in total. The highest BCUT2D eigenvalue weighted by molar-refractivity contribution is 5.94. The monoisotopic (exact) mass is 417 g/mol. The molecular formula is C23H23N5O3. The largest absolute Gasteiger partial charge is 0.478 e. The van der Waals surface area contributed by atoms with E-state index in [0.717, 1.165) is 24.1 Å². The van der Waals surface area contributed by atoms with E-state index in [2.05, 4.69) is 5.32 Å². The van der Waals surface area contributed by atoms with Crippen LogP contribution in [0.5, 0.6) is 0 Å². The molecule has 1 fully saturated rings. The van der Waals surface area contributed by atoms with E-state index in [9.17, 15) is 20.0 Å². The van der Waals surface area contributed by atoms with E-state index in [4.69, 9.17) is 4.98 Å². The van der Waals surface area contributed by atoms with E-state index in [1.165, 1.54) is 10.5 Å². The highest BCUT2D eigenvalue weighted by Crippen LogP contribution is 2.30. The average molecular weight is 417 g/mol. The van der Waals surface area contributed by atoms with Gasteiger partial charge in [-0.25, -0.2) is 9.78 Å². The summed E-state index contributed by atoms with van der Waals surface area (Å²) in [7, 11) is 0. The molecule has 2 N–H and O–H groups in total. The number of hydrogen-bond acceptors (Lipinski definition) is 6. The number of aryl methyl sites for hydroxylation is 1. The second kappa shape index (κ2) is 7.76. The van der Waals surface area contributed by atoms with E-state index in [1.54, 1.807) is 24.4 Å². The van der Waals surface area contributed by atoms with Crippen LogP contribution in [0, 0.1) is 18.3 Å². The number of hydrogen-bond donors (Lipinski definition) is 2. The molecule has 2 atom stereocenters. The number of carboxylic acid groups (broad SMARTS) is 1. The second-order valence-electron chi connectivity index (χ2n) is 7.94. The van der Waals surface area contributed by atoms with Gasteiger partial charge >= 0.3 is 5.97 Å². The SMILES string of the molecule is Cc1cc(C(C)Nc2ccccc2C(=O)O)c2nc(N3CC[C@@H]3C)c(C#N)c(=O)n2c1. The minimum atomic E-state index is -1.02. The zero-order chi connectivity index (χ0) is 22.3. The van der Waals surface area contributed by atoms with Gasteiger partial charge < -0.3 is 15.3 Å². The number of rotatable bonds is 5. The van der Waals surface area contributed by atoms with Crippen molar-refractivity contribution in [1.82, 2.24) is 9.38 Å². The first kappa shape index (κ1) is 20.4.